The Morgan fingerprint density at radius 3 is 1.34 bits per heavy atom. The molecule has 0 saturated carbocycles. The maximum atomic E-state index is 15.0. The summed E-state index contributed by atoms with van der Waals surface area (Å²) < 4.78 is 117. The largest absolute Gasteiger partial charge is 0.376 e. The van der Waals surface area contributed by atoms with Gasteiger partial charge in [0.25, 0.3) is 11.8 Å². The van der Waals surface area contributed by atoms with E-state index in [2.05, 4.69) is 10.8 Å². The van der Waals surface area contributed by atoms with E-state index in [4.69, 9.17) is 10.0 Å². The number of halogens is 8. The number of hydrogen-bond acceptors (Lipinski definition) is 7. The number of rotatable bonds is 24. The molecule has 0 heterocycles. The zero-order valence-corrected chi connectivity index (χ0v) is 39.9. The van der Waals surface area contributed by atoms with Crippen LogP contribution in [-0.4, -0.2) is 59.0 Å². The van der Waals surface area contributed by atoms with Crippen molar-refractivity contribution in [1.29, 1.82) is 0 Å². The predicted molar refractivity (Wildman–Crippen MR) is 255 cm³/mol. The third kappa shape index (κ3) is 14.2. The van der Waals surface area contributed by atoms with Gasteiger partial charge in [-0.1, -0.05) is 49.9 Å². The van der Waals surface area contributed by atoms with Crippen molar-refractivity contribution in [3.05, 3.63) is 212 Å². The molecule has 0 fully saturated rings. The highest BCUT2D eigenvalue weighted by Gasteiger charge is 2.41. The topological polar surface area (TPSA) is 157 Å². The molecule has 5 N–H and O–H groups in total. The Hall–Kier alpha value is -7.48. The number of unbranched alkanes of at least 4 members (excludes halogenated alkanes) is 6. The van der Waals surface area contributed by atoms with E-state index in [1.54, 1.807) is 12.5 Å². The molecule has 0 aliphatic heterocycles. The van der Waals surface area contributed by atoms with Gasteiger partial charge in [0.15, 0.2) is 5.60 Å². The fraction of sp³-hybridized carbons (Fsp3) is 0.273. The minimum Gasteiger partial charge on any atom is -0.376 e. The van der Waals surface area contributed by atoms with Crippen molar-refractivity contribution in [2.75, 3.05) is 20.1 Å². The molecule has 6 aromatic rings. The molecular formula is C55H52F8N4O7. The Kier molecular flexibility index (Phi) is 19.2. The summed E-state index contributed by atoms with van der Waals surface area (Å²) >= 11 is 0. The normalized spacial score (nSPS) is 11.6. The lowest BCUT2D eigenvalue weighted by Gasteiger charge is -2.35. The maximum Gasteiger partial charge on any atom is 0.253 e. The summed E-state index contributed by atoms with van der Waals surface area (Å²) in [5, 5.41) is 23.3. The molecule has 6 aromatic carbocycles. The average molecular weight is 1030 g/mol. The number of carbonyl (C=O) groups excluding carboxylic acids is 4. The first-order valence-electron chi connectivity index (χ1n) is 23.6. The zero-order chi connectivity index (χ0) is 53.6. The van der Waals surface area contributed by atoms with Crippen LogP contribution in [0.2, 0.25) is 0 Å². The van der Waals surface area contributed by atoms with Gasteiger partial charge >= 0.3 is 0 Å². The van der Waals surface area contributed by atoms with Crippen molar-refractivity contribution in [2.45, 2.75) is 75.4 Å². The molecule has 0 saturated heterocycles. The van der Waals surface area contributed by atoms with E-state index in [-0.39, 0.29) is 63.9 Å². The van der Waals surface area contributed by atoms with Gasteiger partial charge in [-0.3, -0.25) is 29.2 Å². The van der Waals surface area contributed by atoms with Crippen molar-refractivity contribution in [3.63, 3.8) is 0 Å². The second-order valence-electron chi connectivity index (χ2n) is 17.7. The van der Waals surface area contributed by atoms with Gasteiger partial charge in [-0.2, -0.15) is 0 Å². The summed E-state index contributed by atoms with van der Waals surface area (Å²) in [5.41, 5.74) is -1.87. The number of benzene rings is 6. The smallest absolute Gasteiger partial charge is 0.253 e. The van der Waals surface area contributed by atoms with Crippen molar-refractivity contribution in [2.24, 2.45) is 0 Å². The van der Waals surface area contributed by atoms with E-state index in [1.807, 2.05) is 0 Å². The van der Waals surface area contributed by atoms with E-state index in [0.717, 1.165) is 48.5 Å². The first kappa shape index (κ1) is 55.8. The fourth-order valence-electron chi connectivity index (χ4n) is 8.55. The predicted octanol–water partition coefficient (Wildman–Crippen LogP) is 10.3. The molecule has 0 atom stereocenters. The molecule has 0 aliphatic carbocycles. The number of amides is 4. The third-order valence-corrected chi connectivity index (χ3v) is 12.3. The molecule has 0 unspecified atom stereocenters. The van der Waals surface area contributed by atoms with Gasteiger partial charge in [-0.15, -0.1) is 0 Å². The van der Waals surface area contributed by atoms with Crippen LogP contribution in [-0.2, 0) is 25.6 Å². The number of nitrogens with zero attached hydrogens (tertiary/aromatic N) is 1. The van der Waals surface area contributed by atoms with Crippen LogP contribution in [0.4, 0.5) is 35.1 Å². The molecule has 0 bridgehead atoms. The monoisotopic (exact) mass is 1030 g/mol. The molecule has 11 nitrogen and oxygen atoms in total. The molecule has 0 spiro atoms. The highest BCUT2D eigenvalue weighted by atomic mass is 19.2. The molecular weight excluding hydrogens is 981 g/mol. The fourth-order valence-corrected chi connectivity index (χ4v) is 8.55. The van der Waals surface area contributed by atoms with Crippen LogP contribution < -0.4 is 16.3 Å². The van der Waals surface area contributed by atoms with Crippen molar-refractivity contribution < 1.29 is 69.5 Å². The van der Waals surface area contributed by atoms with E-state index in [0.29, 0.717) is 82.2 Å². The molecule has 390 valence electrons. The second-order valence-corrected chi connectivity index (χ2v) is 17.7. The Morgan fingerprint density at radius 1 is 0.486 bits per heavy atom. The van der Waals surface area contributed by atoms with Gasteiger partial charge in [0, 0.05) is 79.5 Å². The first-order chi connectivity index (χ1) is 35.3. The summed E-state index contributed by atoms with van der Waals surface area (Å²) in [6, 6.07) is 19.9. The van der Waals surface area contributed by atoms with Gasteiger partial charge < -0.3 is 15.3 Å². The molecule has 74 heavy (non-hydrogen) atoms. The Balaban J connectivity index is 1.08. The van der Waals surface area contributed by atoms with Crippen molar-refractivity contribution in [3.8, 4) is 0 Å². The van der Waals surface area contributed by atoms with Gasteiger partial charge in [0.1, 0.15) is 52.1 Å². The number of carbonyl (C=O) groups is 4. The van der Waals surface area contributed by atoms with Crippen LogP contribution in [0.15, 0.2) is 121 Å². The second kappa shape index (κ2) is 25.5. The summed E-state index contributed by atoms with van der Waals surface area (Å²) in [4.78, 5) is 58.5. The highest BCUT2D eigenvalue weighted by Crippen LogP contribution is 2.42. The highest BCUT2D eigenvalue weighted by molar-refractivity contribution is 5.94. The quantitative estimate of drug-likeness (QED) is 0.0133. The van der Waals surface area contributed by atoms with Gasteiger partial charge in [0.2, 0.25) is 11.8 Å². The number of nitrogens with one attached hydrogen (secondary N) is 3. The maximum absolute atomic E-state index is 15.0. The Morgan fingerprint density at radius 2 is 0.878 bits per heavy atom. The average Bonchev–Trinajstić information content (AvgIpc) is 3.35. The van der Waals surface area contributed by atoms with E-state index < -0.39 is 81.4 Å². The molecule has 0 aliphatic rings. The molecule has 6 rings (SSSR count). The van der Waals surface area contributed by atoms with Gasteiger partial charge in [0.05, 0.1) is 0 Å². The molecule has 19 heteroatoms. The number of aliphatic hydroxyl groups is 1. The standard InChI is InChI=1S/C55H52F8N4O7/c1-67(53(71)35-14-16-36(17-15-35)54(72,38-22-42(56)30-43(57)23-38)39-24-44(58)31-45(59)25-39)21-9-5-3-7-11-51(69)66-74-55(40-26-46(60)32-47(61)27-40,41-28-48(62)33-49(63)29-41)37-18-12-34(13-19-37)52(70)64-20-8-4-2-6-10-50(68)65-73/h12-19,22-33,72-73H,2-11,20-21H2,1H3,(H,64,70)(H,65,68)(H,66,69). The summed E-state index contributed by atoms with van der Waals surface area (Å²) in [6.07, 6.45) is 4.31. The minimum absolute atomic E-state index is 0.0217. The summed E-state index contributed by atoms with van der Waals surface area (Å²) in [5.74, 6) is -10.6. The lowest BCUT2D eigenvalue weighted by atomic mass is 9.79. The zero-order valence-electron chi connectivity index (χ0n) is 39.9. The van der Waals surface area contributed by atoms with Crippen LogP contribution in [0.1, 0.15) is 118 Å². The van der Waals surface area contributed by atoms with Crippen LogP contribution in [0.3, 0.4) is 0 Å². The van der Waals surface area contributed by atoms with Crippen LogP contribution in [0.25, 0.3) is 0 Å². The Bertz CT molecular complexity index is 2760. The minimum atomic E-state index is -2.44. The molecule has 4 amide bonds. The lowest BCUT2D eigenvalue weighted by molar-refractivity contribution is -0.143. The summed E-state index contributed by atoms with van der Waals surface area (Å²) in [6.45, 7) is 0.552. The number of hydroxylamine groups is 2. The lowest BCUT2D eigenvalue weighted by Crippen LogP contribution is -2.41. The SMILES string of the molecule is CN(CCCCCCC(=O)NOC(c1ccc(C(=O)NCCCCCCC(=O)NO)cc1)(c1cc(F)cc(F)c1)c1cc(F)cc(F)c1)C(=O)c1ccc(C(O)(c2cc(F)cc(F)c2)c2cc(F)cc(F)c2)cc1. The molecule has 0 radical (unpaired) electrons. The van der Waals surface area contributed by atoms with Gasteiger partial charge in [-0.25, -0.2) is 46.1 Å². The van der Waals surface area contributed by atoms with Crippen LogP contribution in [0, 0.1) is 46.5 Å². The number of hydrogen-bond donors (Lipinski definition) is 5. The van der Waals surface area contributed by atoms with E-state index in [1.165, 1.54) is 53.4 Å². The molecule has 0 aromatic heterocycles. The third-order valence-electron chi connectivity index (χ3n) is 12.3. The van der Waals surface area contributed by atoms with Gasteiger partial charge in [-0.05, 0) is 121 Å². The van der Waals surface area contributed by atoms with Crippen molar-refractivity contribution >= 4 is 23.6 Å². The van der Waals surface area contributed by atoms with Crippen molar-refractivity contribution in [1.82, 2.24) is 21.2 Å². The Labute approximate surface area is 421 Å². The first-order valence-corrected chi connectivity index (χ1v) is 23.6. The van der Waals surface area contributed by atoms with Crippen LogP contribution >= 0.6 is 0 Å². The van der Waals surface area contributed by atoms with Crippen LogP contribution in [0.5, 0.6) is 0 Å². The summed E-state index contributed by atoms with van der Waals surface area (Å²) in [7, 11) is 1.54. The van der Waals surface area contributed by atoms with E-state index in [9.17, 15) is 59.4 Å². The van der Waals surface area contributed by atoms with E-state index >= 15 is 0 Å².